The summed E-state index contributed by atoms with van der Waals surface area (Å²) in [5, 5.41) is 20.7. The van der Waals surface area contributed by atoms with Crippen molar-refractivity contribution in [2.75, 3.05) is 5.32 Å². The summed E-state index contributed by atoms with van der Waals surface area (Å²) in [4.78, 5) is 12.2. The summed E-state index contributed by atoms with van der Waals surface area (Å²) in [6.45, 7) is 0. The van der Waals surface area contributed by atoms with Gasteiger partial charge in [-0.15, -0.1) is 10.2 Å². The maximum absolute atomic E-state index is 12.2. The molecule has 2 aromatic carbocycles. The number of rotatable bonds is 5. The van der Waals surface area contributed by atoms with E-state index in [1.54, 1.807) is 18.2 Å². The number of carbonyl (C=O) groups excluding carboxylic acids is 1. The summed E-state index contributed by atoms with van der Waals surface area (Å²) < 4.78 is 0.730. The van der Waals surface area contributed by atoms with E-state index in [1.165, 1.54) is 35.2 Å². The molecule has 3 aromatic rings. The lowest BCUT2D eigenvalue weighted by Gasteiger charge is -2.02. The topological polar surface area (TPSA) is 78.7 Å². The minimum atomic E-state index is -0.353. The summed E-state index contributed by atoms with van der Waals surface area (Å²) >= 11 is 14.6. The van der Waals surface area contributed by atoms with Gasteiger partial charge in [-0.3, -0.25) is 10.1 Å². The minimum Gasteiger partial charge on any atom is -0.296 e. The van der Waals surface area contributed by atoms with E-state index in [0.29, 0.717) is 32.1 Å². The summed E-state index contributed by atoms with van der Waals surface area (Å²) in [6.07, 6.45) is 0. The fraction of sp³-hybridized carbons (Fsp3) is 0.0588. The number of amides is 1. The van der Waals surface area contributed by atoms with Gasteiger partial charge in [0.2, 0.25) is 5.13 Å². The minimum absolute atomic E-state index is 0.351. The van der Waals surface area contributed by atoms with Gasteiger partial charge in [0.1, 0.15) is 0 Å². The van der Waals surface area contributed by atoms with Crippen molar-refractivity contribution in [1.82, 2.24) is 10.2 Å². The van der Waals surface area contributed by atoms with Crippen LogP contribution in [0.1, 0.15) is 21.5 Å². The Balaban J connectivity index is 1.60. The van der Waals surface area contributed by atoms with Crippen molar-refractivity contribution in [3.8, 4) is 6.07 Å². The zero-order valence-corrected chi connectivity index (χ0v) is 16.2. The van der Waals surface area contributed by atoms with Crippen LogP contribution in [0, 0.1) is 11.3 Å². The molecule has 0 atom stereocenters. The lowest BCUT2D eigenvalue weighted by molar-refractivity contribution is 0.102. The number of nitrogens with one attached hydrogen (secondary N) is 1. The second kappa shape index (κ2) is 8.52. The first-order valence-corrected chi connectivity index (χ1v) is 9.82. The third-order valence-electron chi connectivity index (χ3n) is 3.20. The van der Waals surface area contributed by atoms with Crippen LogP contribution in [0.4, 0.5) is 5.13 Å². The van der Waals surface area contributed by atoms with E-state index in [-0.39, 0.29) is 5.91 Å². The van der Waals surface area contributed by atoms with E-state index in [9.17, 15) is 4.79 Å². The molecule has 0 saturated carbocycles. The third-order valence-corrected chi connectivity index (χ3v) is 5.68. The average Bonchev–Trinajstić information content (AvgIpc) is 3.07. The third kappa shape index (κ3) is 4.96. The molecule has 0 radical (unpaired) electrons. The Morgan fingerprint density at radius 3 is 2.50 bits per heavy atom. The molecular weight excluding hydrogens is 411 g/mol. The van der Waals surface area contributed by atoms with Crippen molar-refractivity contribution >= 4 is 57.3 Å². The second-order valence-electron chi connectivity index (χ2n) is 5.08. The number of hydrogen-bond acceptors (Lipinski definition) is 6. The molecule has 0 bridgehead atoms. The Hall–Kier alpha value is -2.11. The quantitative estimate of drug-likeness (QED) is 0.449. The monoisotopic (exact) mass is 420 g/mol. The summed E-state index contributed by atoms with van der Waals surface area (Å²) in [7, 11) is 0. The molecule has 1 amide bonds. The van der Waals surface area contributed by atoms with Crippen LogP contribution in [-0.4, -0.2) is 16.1 Å². The lowest BCUT2D eigenvalue weighted by Crippen LogP contribution is -2.11. The number of benzene rings is 2. The molecule has 0 aliphatic heterocycles. The normalized spacial score (nSPS) is 10.3. The zero-order valence-electron chi connectivity index (χ0n) is 13.1. The Morgan fingerprint density at radius 2 is 1.85 bits per heavy atom. The molecule has 5 nitrogen and oxygen atoms in total. The number of halogens is 2. The summed E-state index contributed by atoms with van der Waals surface area (Å²) in [6, 6.07) is 14.1. The average molecular weight is 421 g/mol. The number of nitrogens with zero attached hydrogens (tertiary/aromatic N) is 3. The van der Waals surface area contributed by atoms with Crippen LogP contribution in [0.3, 0.4) is 0 Å². The molecule has 130 valence electrons. The Bertz CT molecular complexity index is 963. The van der Waals surface area contributed by atoms with E-state index in [1.807, 2.05) is 12.1 Å². The molecule has 0 unspecified atom stereocenters. The Labute approximate surface area is 168 Å². The van der Waals surface area contributed by atoms with Gasteiger partial charge in [0.05, 0.1) is 11.6 Å². The smallest absolute Gasteiger partial charge is 0.257 e. The highest BCUT2D eigenvalue weighted by Crippen LogP contribution is 2.29. The van der Waals surface area contributed by atoms with Crippen molar-refractivity contribution in [2.45, 2.75) is 10.1 Å². The van der Waals surface area contributed by atoms with E-state index >= 15 is 0 Å². The van der Waals surface area contributed by atoms with Gasteiger partial charge >= 0.3 is 0 Å². The van der Waals surface area contributed by atoms with Crippen LogP contribution in [0.15, 0.2) is 46.8 Å². The van der Waals surface area contributed by atoms with E-state index in [2.05, 4.69) is 21.6 Å². The van der Waals surface area contributed by atoms with Crippen LogP contribution in [0.5, 0.6) is 0 Å². The Kier molecular flexibility index (Phi) is 6.12. The number of aromatic nitrogens is 2. The van der Waals surface area contributed by atoms with E-state index < -0.39 is 0 Å². The van der Waals surface area contributed by atoms with Crippen molar-refractivity contribution in [2.24, 2.45) is 0 Å². The van der Waals surface area contributed by atoms with Crippen molar-refractivity contribution in [3.63, 3.8) is 0 Å². The highest BCUT2D eigenvalue weighted by molar-refractivity contribution is 8.00. The van der Waals surface area contributed by atoms with Gasteiger partial charge < -0.3 is 0 Å². The predicted octanol–water partition coefficient (Wildman–Crippen LogP) is 5.26. The van der Waals surface area contributed by atoms with Gasteiger partial charge in [0.15, 0.2) is 4.34 Å². The molecule has 0 spiro atoms. The lowest BCUT2D eigenvalue weighted by atomic mass is 10.2. The van der Waals surface area contributed by atoms with Crippen LogP contribution in [-0.2, 0) is 5.75 Å². The van der Waals surface area contributed by atoms with E-state index in [0.717, 1.165) is 9.90 Å². The first kappa shape index (κ1) is 18.7. The largest absolute Gasteiger partial charge is 0.296 e. The molecular formula is C17H10Cl2N4OS2. The molecule has 1 N–H and O–H groups in total. The van der Waals surface area contributed by atoms with Crippen LogP contribution < -0.4 is 5.32 Å². The van der Waals surface area contributed by atoms with Gasteiger partial charge in [0, 0.05) is 21.4 Å². The van der Waals surface area contributed by atoms with Crippen molar-refractivity contribution in [1.29, 1.82) is 5.26 Å². The maximum Gasteiger partial charge on any atom is 0.257 e. The molecule has 0 aliphatic carbocycles. The SMILES string of the molecule is N#Cc1ccc(CSc2nnc(NC(=O)c3cc(Cl)cc(Cl)c3)s2)cc1. The summed E-state index contributed by atoms with van der Waals surface area (Å²) in [5.41, 5.74) is 2.05. The molecule has 9 heteroatoms. The van der Waals surface area contributed by atoms with Gasteiger partial charge in [-0.25, -0.2) is 0 Å². The molecule has 1 heterocycles. The first-order valence-electron chi connectivity index (χ1n) is 7.26. The molecule has 0 aliphatic rings. The molecule has 0 fully saturated rings. The van der Waals surface area contributed by atoms with Gasteiger partial charge in [-0.2, -0.15) is 5.26 Å². The van der Waals surface area contributed by atoms with Gasteiger partial charge in [-0.05, 0) is 35.9 Å². The highest BCUT2D eigenvalue weighted by Gasteiger charge is 2.12. The van der Waals surface area contributed by atoms with Gasteiger partial charge in [0.25, 0.3) is 5.91 Å². The number of carbonyl (C=O) groups is 1. The number of anilines is 1. The second-order valence-corrected chi connectivity index (χ2v) is 8.16. The molecule has 26 heavy (non-hydrogen) atoms. The number of hydrogen-bond donors (Lipinski definition) is 1. The summed E-state index contributed by atoms with van der Waals surface area (Å²) in [5.74, 6) is 0.340. The fourth-order valence-electron chi connectivity index (χ4n) is 1.99. The van der Waals surface area contributed by atoms with Crippen molar-refractivity contribution in [3.05, 3.63) is 69.2 Å². The van der Waals surface area contributed by atoms with E-state index in [4.69, 9.17) is 28.5 Å². The van der Waals surface area contributed by atoms with Crippen LogP contribution >= 0.6 is 46.3 Å². The molecule has 3 rings (SSSR count). The standard InChI is InChI=1S/C17H10Cl2N4OS2/c18-13-5-12(6-14(19)7-13)15(24)21-16-22-23-17(26-16)25-9-11-3-1-10(8-20)2-4-11/h1-7H,9H2,(H,21,22,24). The number of nitriles is 1. The fourth-order valence-corrected chi connectivity index (χ4v) is 4.22. The van der Waals surface area contributed by atoms with Crippen LogP contribution in [0.2, 0.25) is 10.0 Å². The Morgan fingerprint density at radius 1 is 1.15 bits per heavy atom. The predicted molar refractivity (Wildman–Crippen MR) is 105 cm³/mol. The molecule has 0 saturated heterocycles. The van der Waals surface area contributed by atoms with Crippen LogP contribution in [0.25, 0.3) is 0 Å². The van der Waals surface area contributed by atoms with Crippen molar-refractivity contribution < 1.29 is 4.79 Å². The highest BCUT2D eigenvalue weighted by atomic mass is 35.5. The first-order chi connectivity index (χ1) is 12.5. The maximum atomic E-state index is 12.2. The van der Waals surface area contributed by atoms with Gasteiger partial charge in [-0.1, -0.05) is 58.4 Å². The number of thioether (sulfide) groups is 1. The zero-order chi connectivity index (χ0) is 18.5. The molecule has 1 aromatic heterocycles.